The molecule has 0 atom stereocenters. The van der Waals surface area contributed by atoms with Crippen LogP contribution in [0.3, 0.4) is 0 Å². The van der Waals surface area contributed by atoms with E-state index in [0.717, 1.165) is 32.1 Å². The number of carbonyl (C=O) groups is 1. The number of hydrogen-bond donors (Lipinski definition) is 0. The summed E-state index contributed by atoms with van der Waals surface area (Å²) in [5.74, 6) is -48.9. The fourth-order valence-electron chi connectivity index (χ4n) is 3.67. The zero-order valence-electron chi connectivity index (χ0n) is 23.2. The van der Waals surface area contributed by atoms with Gasteiger partial charge in [0, 0.05) is 6.42 Å². The molecule has 256 valence electrons. The predicted octanol–water partition coefficient (Wildman–Crippen LogP) is 10.9. The number of ether oxygens (including phenoxy) is 1. The molecule has 0 aliphatic heterocycles. The van der Waals surface area contributed by atoms with Crippen molar-refractivity contribution in [1.29, 1.82) is 0 Å². The third kappa shape index (κ3) is 10.4. The molecule has 0 rings (SSSR count). The van der Waals surface area contributed by atoms with E-state index in [1.165, 1.54) is 25.7 Å². The Balaban J connectivity index is 4.74. The van der Waals surface area contributed by atoms with Gasteiger partial charge < -0.3 is 4.74 Å². The van der Waals surface area contributed by atoms with Crippen molar-refractivity contribution in [3.8, 4) is 0 Å². The van der Waals surface area contributed by atoms with Crippen LogP contribution in [0.15, 0.2) is 12.2 Å². The summed E-state index contributed by atoms with van der Waals surface area (Å²) in [7, 11) is 0. The van der Waals surface area contributed by atoms with Crippen molar-refractivity contribution < 1.29 is 75.4 Å². The molecule has 0 radical (unpaired) electrons. The number of unbranched alkanes of at least 4 members (excludes halogenated alkanes) is 11. The summed E-state index contributed by atoms with van der Waals surface area (Å²) < 4.78 is 201. The first-order valence-electron chi connectivity index (χ1n) is 13.6. The van der Waals surface area contributed by atoms with E-state index < -0.39 is 60.7 Å². The zero-order chi connectivity index (χ0) is 33.8. The molecule has 0 aromatic heterocycles. The topological polar surface area (TPSA) is 26.3 Å². The molecule has 0 aromatic carbocycles. The molecule has 0 aliphatic carbocycles. The lowest BCUT2D eigenvalue weighted by Gasteiger charge is -2.41. The van der Waals surface area contributed by atoms with Crippen molar-refractivity contribution >= 4 is 5.97 Å². The van der Waals surface area contributed by atoms with Crippen molar-refractivity contribution in [1.82, 2.24) is 0 Å². The lowest BCUT2D eigenvalue weighted by molar-refractivity contribution is -0.453. The van der Waals surface area contributed by atoms with E-state index in [0.29, 0.717) is 19.3 Å². The summed E-state index contributed by atoms with van der Waals surface area (Å²) in [5, 5.41) is 0. The SMILES string of the molecule is CCCCCCCC/C=C\CCCCCCCC(=O)OCC(F)(F)C(F)(F)C(F)(F)C(F)(F)C(F)(F)C(F)(F)C(F)(F)F. The standard InChI is InChI=1S/C26H35F15O2/c1-2-3-4-5-6-7-8-9-10-11-12-13-14-15-16-17-19(42)43-18-20(27,28)21(29,30)22(31,32)23(33,34)24(35,36)25(37,38)26(39,40)41/h9-10H,2-8,11-18H2,1H3/b10-9-. The molecule has 0 saturated heterocycles. The lowest BCUT2D eigenvalue weighted by Crippen LogP contribution is -2.73. The Kier molecular flexibility index (Phi) is 15.8. The zero-order valence-corrected chi connectivity index (χ0v) is 23.2. The number of carbonyl (C=O) groups excluding carboxylic acids is 1. The molecule has 2 nitrogen and oxygen atoms in total. The minimum atomic E-state index is -8.36. The van der Waals surface area contributed by atoms with E-state index in [4.69, 9.17) is 0 Å². The summed E-state index contributed by atoms with van der Waals surface area (Å²) in [5.41, 5.74) is 0. The van der Waals surface area contributed by atoms with Gasteiger partial charge in [0.05, 0.1) is 0 Å². The monoisotopic (exact) mass is 664 g/mol. The van der Waals surface area contributed by atoms with Crippen LogP contribution < -0.4 is 0 Å². The smallest absolute Gasteiger partial charge is 0.459 e. The number of hydrogen-bond acceptors (Lipinski definition) is 2. The van der Waals surface area contributed by atoms with Gasteiger partial charge in [-0.1, -0.05) is 70.4 Å². The summed E-state index contributed by atoms with van der Waals surface area (Å²) >= 11 is 0. The van der Waals surface area contributed by atoms with Crippen LogP contribution in [0.2, 0.25) is 0 Å². The highest BCUT2D eigenvalue weighted by Gasteiger charge is 2.93. The van der Waals surface area contributed by atoms with E-state index in [1.807, 2.05) is 6.08 Å². The van der Waals surface area contributed by atoms with Crippen molar-refractivity contribution in [2.75, 3.05) is 6.61 Å². The molecular formula is C26H35F15O2. The van der Waals surface area contributed by atoms with Crippen LogP contribution in [0.5, 0.6) is 0 Å². The normalized spacial score (nSPS) is 14.5. The molecule has 17 heteroatoms. The predicted molar refractivity (Wildman–Crippen MR) is 126 cm³/mol. The molecule has 0 bridgehead atoms. The Morgan fingerprint density at radius 3 is 1.33 bits per heavy atom. The van der Waals surface area contributed by atoms with Crippen LogP contribution in [0.4, 0.5) is 65.9 Å². The fraction of sp³-hybridized carbons (Fsp3) is 0.885. The lowest BCUT2D eigenvalue weighted by atomic mass is 9.91. The molecule has 0 aromatic rings. The average Bonchev–Trinajstić information content (AvgIpc) is 2.88. The number of alkyl halides is 15. The highest BCUT2D eigenvalue weighted by atomic mass is 19.4. The largest absolute Gasteiger partial charge is 0.460 e. The maximum atomic E-state index is 13.7. The first-order valence-corrected chi connectivity index (χ1v) is 13.6. The summed E-state index contributed by atoms with van der Waals surface area (Å²) in [6.45, 7) is -0.955. The number of allylic oxidation sites excluding steroid dienone is 2. The molecule has 0 saturated carbocycles. The minimum Gasteiger partial charge on any atom is -0.459 e. The van der Waals surface area contributed by atoms with Gasteiger partial charge in [-0.25, -0.2) is 0 Å². The third-order valence-corrected chi connectivity index (χ3v) is 6.45. The van der Waals surface area contributed by atoms with Crippen LogP contribution in [0, 0.1) is 0 Å². The molecular weight excluding hydrogens is 629 g/mol. The molecule has 0 unspecified atom stereocenters. The van der Waals surface area contributed by atoms with Crippen molar-refractivity contribution in [2.24, 2.45) is 0 Å². The molecule has 0 amide bonds. The Bertz CT molecular complexity index is 852. The molecule has 0 aliphatic rings. The molecule has 0 N–H and O–H groups in total. The van der Waals surface area contributed by atoms with E-state index in [9.17, 15) is 70.7 Å². The summed E-state index contributed by atoms with van der Waals surface area (Å²) in [4.78, 5) is 11.5. The van der Waals surface area contributed by atoms with Gasteiger partial charge in [0.1, 0.15) is 0 Å². The number of esters is 1. The maximum Gasteiger partial charge on any atom is 0.460 e. The number of halogens is 15. The van der Waals surface area contributed by atoms with E-state index in [2.05, 4.69) is 17.7 Å². The van der Waals surface area contributed by atoms with Crippen LogP contribution in [0.25, 0.3) is 0 Å². The van der Waals surface area contributed by atoms with Gasteiger partial charge in [-0.3, -0.25) is 4.79 Å². The van der Waals surface area contributed by atoms with Gasteiger partial charge in [0.15, 0.2) is 6.61 Å². The van der Waals surface area contributed by atoms with Crippen LogP contribution in [-0.2, 0) is 9.53 Å². The molecule has 0 heterocycles. The summed E-state index contributed by atoms with van der Waals surface area (Å²) in [6, 6.07) is 0. The highest BCUT2D eigenvalue weighted by molar-refractivity contribution is 5.69. The Morgan fingerprint density at radius 1 is 0.512 bits per heavy atom. The van der Waals surface area contributed by atoms with Gasteiger partial charge in [0.2, 0.25) is 0 Å². The second-order valence-electron chi connectivity index (χ2n) is 10.1. The van der Waals surface area contributed by atoms with Crippen molar-refractivity contribution in [3.05, 3.63) is 12.2 Å². The first-order chi connectivity index (χ1) is 19.5. The molecule has 0 spiro atoms. The van der Waals surface area contributed by atoms with Gasteiger partial charge >= 0.3 is 47.7 Å². The van der Waals surface area contributed by atoms with Crippen molar-refractivity contribution in [2.45, 2.75) is 139 Å². The Hall–Kier alpha value is -1.84. The van der Waals surface area contributed by atoms with Crippen LogP contribution in [-0.4, -0.2) is 54.3 Å². The van der Waals surface area contributed by atoms with Crippen LogP contribution >= 0.6 is 0 Å². The van der Waals surface area contributed by atoms with E-state index in [-0.39, 0.29) is 6.42 Å². The first kappa shape index (κ1) is 41.2. The quantitative estimate of drug-likeness (QED) is 0.0498. The third-order valence-electron chi connectivity index (χ3n) is 6.45. The van der Waals surface area contributed by atoms with Gasteiger partial charge in [0.25, 0.3) is 0 Å². The number of rotatable bonds is 22. The fourth-order valence-corrected chi connectivity index (χ4v) is 3.67. The molecule has 0 fully saturated rings. The van der Waals surface area contributed by atoms with Crippen molar-refractivity contribution in [3.63, 3.8) is 0 Å². The summed E-state index contributed by atoms with van der Waals surface area (Å²) in [6.07, 6.45) is 6.77. The second-order valence-corrected chi connectivity index (χ2v) is 10.1. The van der Waals surface area contributed by atoms with E-state index in [1.54, 1.807) is 0 Å². The molecule has 43 heavy (non-hydrogen) atoms. The Morgan fingerprint density at radius 2 is 0.884 bits per heavy atom. The second kappa shape index (κ2) is 16.5. The van der Waals surface area contributed by atoms with E-state index >= 15 is 0 Å². The average molecular weight is 665 g/mol. The van der Waals surface area contributed by atoms with Gasteiger partial charge in [-0.05, 0) is 32.1 Å². The van der Waals surface area contributed by atoms with Crippen LogP contribution in [0.1, 0.15) is 96.8 Å². The minimum absolute atomic E-state index is 0.0539. The maximum absolute atomic E-state index is 13.7. The highest BCUT2D eigenvalue weighted by Crippen LogP contribution is 2.62. The van der Waals surface area contributed by atoms with Gasteiger partial charge in [-0.2, -0.15) is 65.9 Å². The Labute approximate surface area is 239 Å². The van der Waals surface area contributed by atoms with Gasteiger partial charge in [-0.15, -0.1) is 0 Å².